The highest BCUT2D eigenvalue weighted by Crippen LogP contribution is 2.40. The van der Waals surface area contributed by atoms with Crippen LogP contribution in [0.15, 0.2) is 105 Å². The molecule has 4 heteroatoms. The standard InChI is InChI=1S/C41H58O4/c1-27(14-12-15-28(2)20-22-34-32(6)38(44)36(42)25-40(34,8)9)18-19-31(5)24-30(4)17-13-16-29(3)21-23-35-33(7)39(45)37(43)26-41(35,10)11/h12,14-16,18,20-24,31,36-37,42-43H,13,17,19,25-26H2,1-11H3/b14-12+,22-20+,23-21+,27-18+,28-15+,29-16+,30-24+/t31?,36-,37-/m0/s1. The van der Waals surface area contributed by atoms with E-state index in [-0.39, 0.29) is 22.4 Å². The van der Waals surface area contributed by atoms with Gasteiger partial charge in [0.15, 0.2) is 11.6 Å². The lowest BCUT2D eigenvalue weighted by molar-refractivity contribution is -0.126. The Kier molecular flexibility index (Phi) is 13.9. The summed E-state index contributed by atoms with van der Waals surface area (Å²) in [5.41, 5.74) is 7.77. The van der Waals surface area contributed by atoms with Gasteiger partial charge in [0, 0.05) is 0 Å². The van der Waals surface area contributed by atoms with E-state index < -0.39 is 12.2 Å². The Balaban J connectivity index is 1.89. The maximum Gasteiger partial charge on any atom is 0.187 e. The Morgan fingerprint density at radius 2 is 1.24 bits per heavy atom. The predicted molar refractivity (Wildman–Crippen MR) is 190 cm³/mol. The number of hydrogen-bond acceptors (Lipinski definition) is 4. The molecule has 246 valence electrons. The van der Waals surface area contributed by atoms with E-state index in [4.69, 9.17) is 0 Å². The SMILES string of the molecule is CC1=C(/C=C/C(C)=C/C=C/C(C)=C/CC(C)/C=C(\C)CC/C=C(C)/C=C/C2=C(C)C(=O)[C@@H](O)CC2(C)C)C(C)(C)C[C@H](O)C1=O. The van der Waals surface area contributed by atoms with E-state index in [1.165, 1.54) is 16.7 Å². The number of Topliss-reactive ketones (excluding diaryl/α,β-unsaturated/α-hetero) is 2. The van der Waals surface area contributed by atoms with Gasteiger partial charge in [-0.1, -0.05) is 118 Å². The van der Waals surface area contributed by atoms with Crippen molar-refractivity contribution in [2.45, 2.75) is 120 Å². The molecule has 2 N–H and O–H groups in total. The van der Waals surface area contributed by atoms with Crippen LogP contribution in [0.4, 0.5) is 0 Å². The minimum Gasteiger partial charge on any atom is -0.385 e. The number of carbonyl (C=O) groups is 2. The number of allylic oxidation sites excluding steroid dienone is 16. The molecular weight excluding hydrogens is 556 g/mol. The van der Waals surface area contributed by atoms with E-state index in [1.54, 1.807) is 0 Å². The average molecular weight is 615 g/mol. The quantitative estimate of drug-likeness (QED) is 0.170. The summed E-state index contributed by atoms with van der Waals surface area (Å²) in [5, 5.41) is 20.1. The van der Waals surface area contributed by atoms with Gasteiger partial charge >= 0.3 is 0 Å². The van der Waals surface area contributed by atoms with Gasteiger partial charge in [-0.15, -0.1) is 0 Å². The summed E-state index contributed by atoms with van der Waals surface area (Å²) in [7, 11) is 0. The van der Waals surface area contributed by atoms with Gasteiger partial charge in [-0.05, 0) is 113 Å². The third kappa shape index (κ3) is 11.3. The van der Waals surface area contributed by atoms with Crippen LogP contribution in [0.5, 0.6) is 0 Å². The van der Waals surface area contributed by atoms with Gasteiger partial charge in [-0.25, -0.2) is 0 Å². The second-order valence-corrected chi connectivity index (χ2v) is 14.6. The smallest absolute Gasteiger partial charge is 0.187 e. The molecule has 0 bridgehead atoms. The van der Waals surface area contributed by atoms with Crippen molar-refractivity contribution in [1.29, 1.82) is 0 Å². The van der Waals surface area contributed by atoms with E-state index in [2.05, 4.69) is 111 Å². The van der Waals surface area contributed by atoms with Crippen LogP contribution in [0.25, 0.3) is 0 Å². The maximum absolute atomic E-state index is 12.3. The molecule has 45 heavy (non-hydrogen) atoms. The summed E-state index contributed by atoms with van der Waals surface area (Å²) < 4.78 is 0. The molecule has 2 aliphatic carbocycles. The molecule has 0 aliphatic heterocycles. The number of ketones is 2. The van der Waals surface area contributed by atoms with Crippen LogP contribution in [0, 0.1) is 16.7 Å². The number of aliphatic hydroxyl groups excluding tert-OH is 2. The van der Waals surface area contributed by atoms with E-state index in [9.17, 15) is 19.8 Å². The first kappa shape index (κ1) is 38.1. The van der Waals surface area contributed by atoms with Crippen molar-refractivity contribution >= 4 is 11.6 Å². The lowest BCUT2D eigenvalue weighted by atomic mass is 9.71. The van der Waals surface area contributed by atoms with Crippen LogP contribution < -0.4 is 0 Å². The third-order valence-corrected chi connectivity index (χ3v) is 9.15. The lowest BCUT2D eigenvalue weighted by Gasteiger charge is -2.34. The average Bonchev–Trinajstić information content (AvgIpc) is 2.93. The zero-order valence-corrected chi connectivity index (χ0v) is 29.8. The summed E-state index contributed by atoms with van der Waals surface area (Å²) >= 11 is 0. The van der Waals surface area contributed by atoms with Crippen LogP contribution in [-0.4, -0.2) is 34.0 Å². The first-order valence-corrected chi connectivity index (χ1v) is 16.4. The highest BCUT2D eigenvalue weighted by molar-refractivity contribution is 6.01. The first-order valence-electron chi connectivity index (χ1n) is 16.4. The maximum atomic E-state index is 12.3. The summed E-state index contributed by atoms with van der Waals surface area (Å²) in [6.45, 7) is 22.7. The normalized spacial score (nSPS) is 24.6. The van der Waals surface area contributed by atoms with Crippen molar-refractivity contribution in [1.82, 2.24) is 0 Å². The topological polar surface area (TPSA) is 74.6 Å². The molecule has 0 fully saturated rings. The zero-order chi connectivity index (χ0) is 34.1. The van der Waals surface area contributed by atoms with Gasteiger partial charge in [0.05, 0.1) is 0 Å². The Morgan fingerprint density at radius 3 is 1.76 bits per heavy atom. The van der Waals surface area contributed by atoms with E-state index in [0.717, 1.165) is 36.0 Å². The molecule has 1 unspecified atom stereocenters. The fourth-order valence-corrected chi connectivity index (χ4v) is 6.36. The van der Waals surface area contributed by atoms with Crippen LogP contribution in [0.2, 0.25) is 0 Å². The van der Waals surface area contributed by atoms with Crippen molar-refractivity contribution < 1.29 is 19.8 Å². The first-order chi connectivity index (χ1) is 20.9. The van der Waals surface area contributed by atoms with Gasteiger partial charge in [0.25, 0.3) is 0 Å². The number of carbonyl (C=O) groups excluding carboxylic acids is 2. The second-order valence-electron chi connectivity index (χ2n) is 14.6. The van der Waals surface area contributed by atoms with Crippen LogP contribution in [0.1, 0.15) is 108 Å². The number of rotatable bonds is 12. The van der Waals surface area contributed by atoms with Crippen molar-refractivity contribution in [2.24, 2.45) is 16.7 Å². The van der Waals surface area contributed by atoms with Gasteiger partial charge in [-0.2, -0.15) is 0 Å². The van der Waals surface area contributed by atoms with Gasteiger partial charge < -0.3 is 10.2 Å². The van der Waals surface area contributed by atoms with Gasteiger partial charge in [0.2, 0.25) is 0 Å². The molecule has 0 amide bonds. The summed E-state index contributed by atoms with van der Waals surface area (Å²) in [4.78, 5) is 24.5. The number of hydrogen-bond donors (Lipinski definition) is 2. The van der Waals surface area contributed by atoms with E-state index in [1.807, 2.05) is 26.0 Å². The minimum atomic E-state index is -0.900. The molecule has 0 heterocycles. The lowest BCUT2D eigenvalue weighted by Crippen LogP contribution is -2.35. The summed E-state index contributed by atoms with van der Waals surface area (Å²) in [6.07, 6.45) is 23.5. The molecule has 0 saturated heterocycles. The van der Waals surface area contributed by atoms with Gasteiger partial charge in [-0.3, -0.25) is 9.59 Å². The van der Waals surface area contributed by atoms with Crippen molar-refractivity contribution in [3.8, 4) is 0 Å². The van der Waals surface area contributed by atoms with Crippen LogP contribution >= 0.6 is 0 Å². The molecule has 0 radical (unpaired) electrons. The molecule has 0 saturated carbocycles. The van der Waals surface area contributed by atoms with E-state index in [0.29, 0.717) is 29.9 Å². The molecule has 0 spiro atoms. The Hall–Kier alpha value is -3.08. The van der Waals surface area contributed by atoms with E-state index >= 15 is 0 Å². The second kappa shape index (κ2) is 16.5. The molecule has 2 rings (SSSR count). The molecule has 3 atom stereocenters. The fraction of sp³-hybridized carbons (Fsp3) is 0.512. The Morgan fingerprint density at radius 1 is 0.778 bits per heavy atom. The largest absolute Gasteiger partial charge is 0.385 e. The molecular formula is C41H58O4. The molecule has 0 aromatic heterocycles. The monoisotopic (exact) mass is 614 g/mol. The van der Waals surface area contributed by atoms with Crippen molar-refractivity contribution in [2.75, 3.05) is 0 Å². The Bertz CT molecular complexity index is 1390. The minimum absolute atomic E-state index is 0.155. The zero-order valence-electron chi connectivity index (χ0n) is 29.8. The van der Waals surface area contributed by atoms with Gasteiger partial charge in [0.1, 0.15) is 12.2 Å². The number of aliphatic hydroxyl groups is 2. The fourth-order valence-electron chi connectivity index (χ4n) is 6.36. The molecule has 2 aliphatic rings. The molecule has 0 aromatic carbocycles. The van der Waals surface area contributed by atoms with Crippen molar-refractivity contribution in [3.63, 3.8) is 0 Å². The predicted octanol–water partition coefficient (Wildman–Crippen LogP) is 9.60. The Labute approximate surface area is 273 Å². The summed E-state index contributed by atoms with van der Waals surface area (Å²) in [5.74, 6) is 0.130. The van der Waals surface area contributed by atoms with Crippen molar-refractivity contribution in [3.05, 3.63) is 105 Å². The third-order valence-electron chi connectivity index (χ3n) is 9.15. The highest BCUT2D eigenvalue weighted by atomic mass is 16.3. The van der Waals surface area contributed by atoms with Crippen LogP contribution in [-0.2, 0) is 9.59 Å². The molecule has 4 nitrogen and oxygen atoms in total. The summed E-state index contributed by atoms with van der Waals surface area (Å²) in [6, 6.07) is 0. The highest BCUT2D eigenvalue weighted by Gasteiger charge is 2.37. The van der Waals surface area contributed by atoms with Crippen LogP contribution in [0.3, 0.4) is 0 Å². The molecule has 0 aromatic rings.